The second-order valence-corrected chi connectivity index (χ2v) is 10.8. The predicted molar refractivity (Wildman–Crippen MR) is 136 cm³/mol. The molecule has 4 aliphatic rings. The Morgan fingerprint density at radius 2 is 1.65 bits per heavy atom. The Morgan fingerprint density at radius 1 is 0.912 bits per heavy atom. The highest BCUT2D eigenvalue weighted by Gasteiger charge is 2.51. The first-order chi connectivity index (χ1) is 16.6. The normalized spacial score (nSPS) is 27.0. The fourth-order valence-corrected chi connectivity index (χ4v) is 7.27. The Hall–Kier alpha value is -3.08. The number of pyridine rings is 1. The van der Waals surface area contributed by atoms with Crippen molar-refractivity contribution in [3.05, 3.63) is 60.7 Å². The fraction of sp³-hybridized carbons (Fsp3) is 0.448. The van der Waals surface area contributed by atoms with Gasteiger partial charge in [0.15, 0.2) is 0 Å². The minimum atomic E-state index is 0.162. The standard InChI is InChI=1S/C29H33N3O2/c33-28(19-29-16-20-13-21(17-29)15-22(14-20)18-29)32-26-8-4-7-25-24(26)9-10-27(31-25)30-11-12-34-23-5-2-1-3-6-23/h1-10,20-22H,11-19H2,(H,30,31)(H,32,33). The highest BCUT2D eigenvalue weighted by molar-refractivity contribution is 6.01. The summed E-state index contributed by atoms with van der Waals surface area (Å²) in [5, 5.41) is 7.54. The number of fused-ring (bicyclic) bond motifs is 1. The zero-order valence-electron chi connectivity index (χ0n) is 19.6. The molecule has 4 aliphatic carbocycles. The van der Waals surface area contributed by atoms with E-state index >= 15 is 0 Å². The lowest BCUT2D eigenvalue weighted by molar-refractivity contribution is -0.124. The first-order valence-corrected chi connectivity index (χ1v) is 12.8. The molecule has 3 aromatic rings. The van der Waals surface area contributed by atoms with Gasteiger partial charge in [0.05, 0.1) is 17.7 Å². The van der Waals surface area contributed by atoms with Crippen LogP contribution in [-0.4, -0.2) is 24.0 Å². The lowest BCUT2D eigenvalue weighted by Gasteiger charge is -2.56. The van der Waals surface area contributed by atoms with Gasteiger partial charge in [-0.2, -0.15) is 0 Å². The lowest BCUT2D eigenvalue weighted by Crippen LogP contribution is -2.47. The van der Waals surface area contributed by atoms with Gasteiger partial charge in [-0.05, 0) is 98.1 Å². The molecule has 4 bridgehead atoms. The van der Waals surface area contributed by atoms with Crippen molar-refractivity contribution in [3.63, 3.8) is 0 Å². The average molecular weight is 456 g/mol. The van der Waals surface area contributed by atoms with Crippen LogP contribution < -0.4 is 15.4 Å². The van der Waals surface area contributed by atoms with Crippen molar-refractivity contribution in [1.82, 2.24) is 4.98 Å². The van der Waals surface area contributed by atoms with Gasteiger partial charge in [0.2, 0.25) is 5.91 Å². The van der Waals surface area contributed by atoms with Gasteiger partial charge in [-0.15, -0.1) is 0 Å². The number of anilines is 2. The number of amides is 1. The Labute approximate surface area is 201 Å². The number of nitrogens with one attached hydrogen (secondary N) is 2. The third kappa shape index (κ3) is 4.48. The van der Waals surface area contributed by atoms with Crippen LogP contribution in [0.5, 0.6) is 5.75 Å². The SMILES string of the molecule is O=C(CC12CC3CC(CC(C3)C1)C2)Nc1cccc2nc(NCCOc3ccccc3)ccc12. The van der Waals surface area contributed by atoms with Gasteiger partial charge < -0.3 is 15.4 Å². The number of hydrogen-bond acceptors (Lipinski definition) is 4. The van der Waals surface area contributed by atoms with Crippen LogP contribution in [0.15, 0.2) is 60.7 Å². The minimum absolute atomic E-state index is 0.162. The molecule has 4 fully saturated rings. The minimum Gasteiger partial charge on any atom is -0.492 e. The van der Waals surface area contributed by atoms with Gasteiger partial charge in [-0.25, -0.2) is 4.98 Å². The summed E-state index contributed by atoms with van der Waals surface area (Å²) >= 11 is 0. The Kier molecular flexibility index (Phi) is 5.64. The van der Waals surface area contributed by atoms with Crippen LogP contribution in [0, 0.1) is 23.2 Å². The predicted octanol–water partition coefficient (Wildman–Crippen LogP) is 6.27. The van der Waals surface area contributed by atoms with E-state index in [0.717, 1.165) is 45.9 Å². The zero-order chi connectivity index (χ0) is 23.0. The maximum Gasteiger partial charge on any atom is 0.224 e. The number of ether oxygens (including phenoxy) is 1. The van der Waals surface area contributed by atoms with E-state index in [2.05, 4.69) is 10.6 Å². The lowest BCUT2D eigenvalue weighted by atomic mass is 9.49. The van der Waals surface area contributed by atoms with E-state index in [0.29, 0.717) is 19.6 Å². The summed E-state index contributed by atoms with van der Waals surface area (Å²) in [6, 6.07) is 19.8. The van der Waals surface area contributed by atoms with Gasteiger partial charge in [-0.3, -0.25) is 4.79 Å². The summed E-state index contributed by atoms with van der Waals surface area (Å²) in [7, 11) is 0. The second kappa shape index (κ2) is 8.94. The molecule has 0 saturated heterocycles. The number of aromatic nitrogens is 1. The van der Waals surface area contributed by atoms with Crippen LogP contribution in [0.2, 0.25) is 0 Å². The van der Waals surface area contributed by atoms with E-state index in [1.165, 1.54) is 38.5 Å². The van der Waals surface area contributed by atoms with E-state index < -0.39 is 0 Å². The molecule has 0 radical (unpaired) electrons. The van der Waals surface area contributed by atoms with E-state index in [9.17, 15) is 4.79 Å². The number of carbonyl (C=O) groups is 1. The molecule has 176 valence electrons. The molecule has 1 amide bonds. The van der Waals surface area contributed by atoms with E-state index in [-0.39, 0.29) is 11.3 Å². The van der Waals surface area contributed by atoms with Crippen molar-refractivity contribution in [3.8, 4) is 5.75 Å². The number of para-hydroxylation sites is 1. The molecule has 2 N–H and O–H groups in total. The Bertz CT molecular complexity index is 1140. The Balaban J connectivity index is 1.08. The van der Waals surface area contributed by atoms with Crippen molar-refractivity contribution in [2.24, 2.45) is 23.2 Å². The highest BCUT2D eigenvalue weighted by atomic mass is 16.5. The third-order valence-electron chi connectivity index (χ3n) is 8.13. The molecule has 1 aromatic heterocycles. The van der Waals surface area contributed by atoms with Crippen molar-refractivity contribution >= 4 is 28.3 Å². The second-order valence-electron chi connectivity index (χ2n) is 10.8. The van der Waals surface area contributed by atoms with Crippen LogP contribution in [-0.2, 0) is 4.79 Å². The van der Waals surface area contributed by atoms with Gasteiger partial charge >= 0.3 is 0 Å². The molecule has 34 heavy (non-hydrogen) atoms. The van der Waals surface area contributed by atoms with Crippen LogP contribution in [0.25, 0.3) is 10.9 Å². The quantitative estimate of drug-likeness (QED) is 0.393. The molecule has 5 nitrogen and oxygen atoms in total. The van der Waals surface area contributed by atoms with Crippen molar-refractivity contribution in [1.29, 1.82) is 0 Å². The number of benzene rings is 2. The van der Waals surface area contributed by atoms with Gasteiger partial charge in [-0.1, -0.05) is 24.3 Å². The van der Waals surface area contributed by atoms with E-state index in [1.807, 2.05) is 60.7 Å². The first kappa shape index (κ1) is 21.5. The number of nitrogens with zero attached hydrogens (tertiary/aromatic N) is 1. The van der Waals surface area contributed by atoms with Crippen LogP contribution in [0.3, 0.4) is 0 Å². The van der Waals surface area contributed by atoms with Crippen molar-refractivity contribution < 1.29 is 9.53 Å². The highest BCUT2D eigenvalue weighted by Crippen LogP contribution is 2.61. The molecule has 1 heterocycles. The summed E-state index contributed by atoms with van der Waals surface area (Å²) in [6.07, 6.45) is 8.66. The van der Waals surface area contributed by atoms with Crippen LogP contribution in [0.4, 0.5) is 11.5 Å². The molecule has 0 atom stereocenters. The van der Waals surface area contributed by atoms with Gasteiger partial charge in [0.1, 0.15) is 18.2 Å². The third-order valence-corrected chi connectivity index (χ3v) is 8.13. The summed E-state index contributed by atoms with van der Waals surface area (Å²) in [6.45, 7) is 1.22. The Morgan fingerprint density at radius 3 is 2.38 bits per heavy atom. The zero-order valence-corrected chi connectivity index (χ0v) is 19.6. The summed E-state index contributed by atoms with van der Waals surface area (Å²) in [4.78, 5) is 17.9. The molecule has 0 spiro atoms. The van der Waals surface area contributed by atoms with Crippen molar-refractivity contribution in [2.75, 3.05) is 23.8 Å². The summed E-state index contributed by atoms with van der Waals surface area (Å²) in [5.41, 5.74) is 1.99. The van der Waals surface area contributed by atoms with Crippen LogP contribution >= 0.6 is 0 Å². The summed E-state index contributed by atoms with van der Waals surface area (Å²) < 4.78 is 5.74. The molecule has 2 aromatic carbocycles. The molecular weight excluding hydrogens is 422 g/mol. The van der Waals surface area contributed by atoms with Crippen molar-refractivity contribution in [2.45, 2.75) is 44.9 Å². The number of rotatable bonds is 8. The van der Waals surface area contributed by atoms with E-state index in [4.69, 9.17) is 9.72 Å². The van der Waals surface area contributed by atoms with Gasteiger partial charge in [0.25, 0.3) is 0 Å². The maximum atomic E-state index is 13.1. The molecule has 5 heteroatoms. The molecule has 0 aliphatic heterocycles. The average Bonchev–Trinajstić information content (AvgIpc) is 2.81. The van der Waals surface area contributed by atoms with Crippen LogP contribution in [0.1, 0.15) is 44.9 Å². The fourth-order valence-electron chi connectivity index (χ4n) is 7.27. The topological polar surface area (TPSA) is 63.2 Å². The smallest absolute Gasteiger partial charge is 0.224 e. The first-order valence-electron chi connectivity index (χ1n) is 12.8. The maximum absolute atomic E-state index is 13.1. The molecule has 4 saturated carbocycles. The number of hydrogen-bond donors (Lipinski definition) is 2. The largest absolute Gasteiger partial charge is 0.492 e. The van der Waals surface area contributed by atoms with Gasteiger partial charge in [0, 0.05) is 11.8 Å². The summed E-state index contributed by atoms with van der Waals surface area (Å²) in [5.74, 6) is 4.43. The van der Waals surface area contributed by atoms with E-state index in [1.54, 1.807) is 0 Å². The molecular formula is C29H33N3O2. The number of carbonyl (C=O) groups excluding carboxylic acids is 1. The molecule has 0 unspecified atom stereocenters. The molecule has 7 rings (SSSR count). The monoisotopic (exact) mass is 455 g/mol.